The number of carbonyl (C=O) groups is 1. The molecule has 2 aliphatic rings. The molecule has 4 heteroatoms. The molecule has 1 aliphatic carbocycles. The summed E-state index contributed by atoms with van der Waals surface area (Å²) in [5, 5.41) is 11.2. The van der Waals surface area contributed by atoms with Gasteiger partial charge in [-0.2, -0.15) is 0 Å². The van der Waals surface area contributed by atoms with Crippen LogP contribution in [0.4, 0.5) is 0 Å². The molecule has 0 bridgehead atoms. The third kappa shape index (κ3) is 6.54. The van der Waals surface area contributed by atoms with Crippen molar-refractivity contribution in [3.63, 3.8) is 0 Å². The summed E-state index contributed by atoms with van der Waals surface area (Å²) in [6.45, 7) is 3.05. The van der Waals surface area contributed by atoms with Crippen molar-refractivity contribution >= 4 is 18.6 Å². The van der Waals surface area contributed by atoms with E-state index >= 15 is 0 Å². The molecular weight excluding hydrogens is 234 g/mol. The molecular formula is C13H23NO2S. The first-order valence-electron chi connectivity index (χ1n) is 5.63. The molecule has 2 unspecified atom stereocenters. The second-order valence-corrected chi connectivity index (χ2v) is 4.71. The minimum absolute atomic E-state index is 0. The van der Waals surface area contributed by atoms with Crippen LogP contribution in [0.5, 0.6) is 0 Å². The Bertz CT molecular complexity index is 294. The van der Waals surface area contributed by atoms with Crippen LogP contribution in [0.2, 0.25) is 0 Å². The SMILES string of the molecule is C.CC1C=C(S)C=CC1.O=C(O)C1CCCN1. The van der Waals surface area contributed by atoms with Crippen molar-refractivity contribution in [1.29, 1.82) is 0 Å². The minimum Gasteiger partial charge on any atom is -0.480 e. The lowest BCUT2D eigenvalue weighted by atomic mass is 10.0. The molecule has 98 valence electrons. The molecule has 0 spiro atoms. The van der Waals surface area contributed by atoms with Crippen molar-refractivity contribution in [3.8, 4) is 0 Å². The van der Waals surface area contributed by atoms with Crippen molar-refractivity contribution in [3.05, 3.63) is 23.1 Å². The van der Waals surface area contributed by atoms with Crippen LogP contribution < -0.4 is 5.32 Å². The Morgan fingerprint density at radius 3 is 2.59 bits per heavy atom. The maximum absolute atomic E-state index is 10.1. The molecule has 1 heterocycles. The lowest BCUT2D eigenvalue weighted by Crippen LogP contribution is -2.29. The Morgan fingerprint density at radius 2 is 2.29 bits per heavy atom. The summed E-state index contributed by atoms with van der Waals surface area (Å²) in [6, 6.07) is -0.269. The Labute approximate surface area is 109 Å². The minimum atomic E-state index is -0.720. The normalized spacial score (nSPS) is 26.4. The highest BCUT2D eigenvalue weighted by Crippen LogP contribution is 2.17. The van der Waals surface area contributed by atoms with E-state index in [1.165, 1.54) is 6.42 Å². The molecule has 1 aliphatic heterocycles. The third-order valence-corrected chi connectivity index (χ3v) is 2.91. The number of aliphatic carboxylic acids is 1. The van der Waals surface area contributed by atoms with Gasteiger partial charge in [0.05, 0.1) is 0 Å². The van der Waals surface area contributed by atoms with E-state index in [2.05, 4.69) is 37.0 Å². The van der Waals surface area contributed by atoms with Crippen molar-refractivity contribution < 1.29 is 9.90 Å². The van der Waals surface area contributed by atoms with E-state index in [0.29, 0.717) is 5.92 Å². The fourth-order valence-corrected chi connectivity index (χ4v) is 2.07. The number of carboxylic acids is 1. The first-order valence-corrected chi connectivity index (χ1v) is 6.08. The van der Waals surface area contributed by atoms with Crippen LogP contribution in [-0.2, 0) is 4.79 Å². The molecule has 0 aromatic heterocycles. The molecule has 0 aromatic carbocycles. The number of rotatable bonds is 1. The quantitative estimate of drug-likeness (QED) is 0.633. The number of nitrogens with one attached hydrogen (secondary N) is 1. The molecule has 0 aromatic rings. The van der Waals surface area contributed by atoms with Gasteiger partial charge in [0.25, 0.3) is 0 Å². The smallest absolute Gasteiger partial charge is 0.320 e. The average molecular weight is 257 g/mol. The van der Waals surface area contributed by atoms with Crippen molar-refractivity contribution in [2.24, 2.45) is 5.92 Å². The zero-order valence-electron chi connectivity index (χ0n) is 9.52. The predicted octanol–water partition coefficient (Wildman–Crippen LogP) is 2.86. The molecule has 3 nitrogen and oxygen atoms in total. The molecule has 2 atom stereocenters. The van der Waals surface area contributed by atoms with Crippen LogP contribution in [0.15, 0.2) is 23.1 Å². The summed E-state index contributed by atoms with van der Waals surface area (Å²) in [7, 11) is 0. The number of hydrogen-bond donors (Lipinski definition) is 3. The number of carboxylic acid groups (broad SMARTS) is 1. The second-order valence-electron chi connectivity index (χ2n) is 4.19. The van der Waals surface area contributed by atoms with Gasteiger partial charge in [0.15, 0.2) is 0 Å². The van der Waals surface area contributed by atoms with Crippen LogP contribution in [0, 0.1) is 5.92 Å². The molecule has 1 saturated heterocycles. The van der Waals surface area contributed by atoms with E-state index in [1.807, 2.05) is 6.08 Å². The molecule has 0 saturated carbocycles. The lowest BCUT2D eigenvalue weighted by Gasteiger charge is -2.06. The summed E-state index contributed by atoms with van der Waals surface area (Å²) in [6.07, 6.45) is 9.33. The Kier molecular flexibility index (Phi) is 8.00. The second kappa shape index (κ2) is 8.37. The largest absolute Gasteiger partial charge is 0.480 e. The van der Waals surface area contributed by atoms with Gasteiger partial charge in [-0.15, -0.1) is 12.6 Å². The summed E-state index contributed by atoms with van der Waals surface area (Å²) >= 11 is 4.19. The van der Waals surface area contributed by atoms with Crippen molar-refractivity contribution in [2.45, 2.75) is 39.7 Å². The standard InChI is InChI=1S/C7H10S.C5H9NO2.CH4/c1-6-3-2-4-7(8)5-6;7-5(8)4-2-1-3-6-4;/h2,4-6,8H,3H2,1H3;4,6H,1-3H2,(H,7,8);1H4. The Hall–Kier alpha value is -0.740. The van der Waals surface area contributed by atoms with Crippen LogP contribution in [0.1, 0.15) is 33.6 Å². The third-order valence-electron chi connectivity index (χ3n) is 2.61. The van der Waals surface area contributed by atoms with Gasteiger partial charge < -0.3 is 10.4 Å². The van der Waals surface area contributed by atoms with Crippen molar-refractivity contribution in [2.75, 3.05) is 6.54 Å². The van der Waals surface area contributed by atoms with Gasteiger partial charge in [0, 0.05) is 0 Å². The zero-order chi connectivity index (χ0) is 12.0. The van der Waals surface area contributed by atoms with E-state index in [1.54, 1.807) is 0 Å². The maximum Gasteiger partial charge on any atom is 0.320 e. The van der Waals surface area contributed by atoms with E-state index in [0.717, 1.165) is 24.3 Å². The van der Waals surface area contributed by atoms with Crippen LogP contribution in [-0.4, -0.2) is 23.7 Å². The van der Waals surface area contributed by atoms with E-state index in [-0.39, 0.29) is 13.5 Å². The summed E-state index contributed by atoms with van der Waals surface area (Å²) in [5.74, 6) is -0.0324. The van der Waals surface area contributed by atoms with Gasteiger partial charge in [0.2, 0.25) is 0 Å². The van der Waals surface area contributed by atoms with Gasteiger partial charge in [0.1, 0.15) is 6.04 Å². The van der Waals surface area contributed by atoms with E-state index in [4.69, 9.17) is 5.11 Å². The Morgan fingerprint density at radius 1 is 1.59 bits per heavy atom. The monoisotopic (exact) mass is 257 g/mol. The number of thiol groups is 1. The van der Waals surface area contributed by atoms with Gasteiger partial charge in [-0.3, -0.25) is 4.79 Å². The summed E-state index contributed by atoms with van der Waals surface area (Å²) in [5.41, 5.74) is 0. The van der Waals surface area contributed by atoms with Crippen molar-refractivity contribution in [1.82, 2.24) is 5.32 Å². The summed E-state index contributed by atoms with van der Waals surface area (Å²) < 4.78 is 0. The van der Waals surface area contributed by atoms with Gasteiger partial charge in [-0.05, 0) is 36.6 Å². The number of allylic oxidation sites excluding steroid dienone is 3. The predicted molar refractivity (Wildman–Crippen MR) is 75.4 cm³/mol. The first kappa shape index (κ1) is 16.3. The molecule has 1 fully saturated rings. The van der Waals surface area contributed by atoms with Crippen LogP contribution >= 0.6 is 12.6 Å². The Balaban J connectivity index is 0.000000284. The van der Waals surface area contributed by atoms with Crippen LogP contribution in [0.25, 0.3) is 0 Å². The first-order chi connectivity index (χ1) is 7.59. The van der Waals surface area contributed by atoms with Gasteiger partial charge >= 0.3 is 5.97 Å². The molecule has 0 radical (unpaired) electrons. The molecule has 2 N–H and O–H groups in total. The molecule has 0 amide bonds. The average Bonchev–Trinajstić information content (AvgIpc) is 2.70. The topological polar surface area (TPSA) is 49.3 Å². The molecule has 2 rings (SSSR count). The van der Waals surface area contributed by atoms with E-state index in [9.17, 15) is 4.79 Å². The maximum atomic E-state index is 10.1. The highest BCUT2D eigenvalue weighted by Gasteiger charge is 2.20. The number of hydrogen-bond acceptors (Lipinski definition) is 3. The van der Waals surface area contributed by atoms with E-state index < -0.39 is 5.97 Å². The fraction of sp³-hybridized carbons (Fsp3) is 0.615. The fourth-order valence-electron chi connectivity index (χ4n) is 1.71. The highest BCUT2D eigenvalue weighted by atomic mass is 32.1. The van der Waals surface area contributed by atoms with Crippen LogP contribution in [0.3, 0.4) is 0 Å². The highest BCUT2D eigenvalue weighted by molar-refractivity contribution is 7.84. The lowest BCUT2D eigenvalue weighted by molar-refractivity contribution is -0.139. The van der Waals surface area contributed by atoms with Gasteiger partial charge in [-0.25, -0.2) is 0 Å². The van der Waals surface area contributed by atoms with Gasteiger partial charge in [-0.1, -0.05) is 32.6 Å². The summed E-state index contributed by atoms with van der Waals surface area (Å²) in [4.78, 5) is 11.2. The zero-order valence-corrected chi connectivity index (χ0v) is 10.4. The molecule has 17 heavy (non-hydrogen) atoms.